The highest BCUT2D eigenvalue weighted by Gasteiger charge is 2.51. The van der Waals surface area contributed by atoms with Crippen LogP contribution in [-0.4, -0.2) is 41.8 Å². The molecular formula is C14H12BN3O4. The zero-order valence-corrected chi connectivity index (χ0v) is 11.6. The fraction of sp³-hybridized carbons (Fsp3) is 0.286. The fourth-order valence-corrected chi connectivity index (χ4v) is 2.82. The first kappa shape index (κ1) is 14.3. The Morgan fingerprint density at radius 1 is 1.18 bits per heavy atom. The summed E-state index contributed by atoms with van der Waals surface area (Å²) in [6, 6.07) is 4.49. The molecular weight excluding hydrogens is 285 g/mol. The third kappa shape index (κ3) is 1.83. The molecule has 2 aliphatic heterocycles. The molecule has 1 aromatic rings. The molecule has 0 spiro atoms. The van der Waals surface area contributed by atoms with Crippen LogP contribution in [0.4, 0.5) is 5.69 Å². The second-order valence-corrected chi connectivity index (χ2v) is 5.37. The molecule has 110 valence electrons. The van der Waals surface area contributed by atoms with Crippen molar-refractivity contribution in [2.45, 2.75) is 24.7 Å². The van der Waals surface area contributed by atoms with E-state index in [2.05, 4.69) is 5.32 Å². The maximum Gasteiger partial charge on any atom is 0.263 e. The predicted octanol–water partition coefficient (Wildman–Crippen LogP) is -0.444. The zero-order valence-electron chi connectivity index (χ0n) is 11.6. The number of amides is 4. The highest BCUT2D eigenvalue weighted by atomic mass is 16.2. The van der Waals surface area contributed by atoms with Gasteiger partial charge in [-0.1, -0.05) is 6.07 Å². The van der Waals surface area contributed by atoms with Crippen LogP contribution in [0.2, 0.25) is 0 Å². The number of rotatable bonds is 1. The molecule has 4 amide bonds. The van der Waals surface area contributed by atoms with Crippen molar-refractivity contribution in [3.63, 3.8) is 0 Å². The molecule has 3 rings (SSSR count). The normalized spacial score (nSPS) is 25.0. The van der Waals surface area contributed by atoms with Crippen LogP contribution in [0, 0.1) is 0 Å². The number of benzene rings is 1. The second kappa shape index (κ2) is 4.69. The molecule has 2 radical (unpaired) electrons. The summed E-state index contributed by atoms with van der Waals surface area (Å²) >= 11 is 0. The van der Waals surface area contributed by atoms with Crippen LogP contribution < -0.4 is 11.1 Å². The zero-order chi connectivity index (χ0) is 16.1. The minimum atomic E-state index is -1.90. The predicted molar refractivity (Wildman–Crippen MR) is 76.8 cm³/mol. The van der Waals surface area contributed by atoms with Gasteiger partial charge >= 0.3 is 0 Å². The van der Waals surface area contributed by atoms with Crippen LogP contribution in [0.3, 0.4) is 0 Å². The van der Waals surface area contributed by atoms with E-state index >= 15 is 0 Å². The van der Waals surface area contributed by atoms with E-state index in [1.54, 1.807) is 6.07 Å². The Bertz CT molecular complexity index is 733. The van der Waals surface area contributed by atoms with Crippen LogP contribution in [0.5, 0.6) is 0 Å². The number of anilines is 1. The Morgan fingerprint density at radius 2 is 1.91 bits per heavy atom. The molecule has 1 saturated heterocycles. The Morgan fingerprint density at radius 3 is 2.59 bits per heavy atom. The average Bonchev–Trinajstić information content (AvgIpc) is 2.63. The van der Waals surface area contributed by atoms with E-state index in [9.17, 15) is 19.2 Å². The Kier molecular flexibility index (Phi) is 3.05. The van der Waals surface area contributed by atoms with Crippen LogP contribution in [0.15, 0.2) is 18.2 Å². The summed E-state index contributed by atoms with van der Waals surface area (Å²) in [5.41, 5.74) is 4.15. The van der Waals surface area contributed by atoms with Crippen LogP contribution in [0.1, 0.15) is 40.0 Å². The molecule has 8 heteroatoms. The van der Waals surface area contributed by atoms with Gasteiger partial charge in [-0.15, -0.1) is 0 Å². The standard InChI is InChI=1S/C14H12BN3O4/c15-14(6-2-5-9(19)17-13(14)22)18-11(20)7-3-1-4-8(16)10(7)12(18)21/h1,3-4H,2,5-6,16H2,(H,17,19,22)/t14-/m0/s1. The molecule has 7 nitrogen and oxygen atoms in total. The third-order valence-corrected chi connectivity index (χ3v) is 3.95. The van der Waals surface area contributed by atoms with E-state index in [-0.39, 0.29) is 36.1 Å². The van der Waals surface area contributed by atoms with E-state index in [1.807, 2.05) is 0 Å². The number of nitrogen functional groups attached to an aromatic ring is 1. The van der Waals surface area contributed by atoms with Gasteiger partial charge in [0.15, 0.2) is 0 Å². The topological polar surface area (TPSA) is 110 Å². The number of imide groups is 2. The summed E-state index contributed by atoms with van der Waals surface area (Å²) in [5.74, 6) is -2.74. The minimum Gasteiger partial charge on any atom is -0.398 e. The first-order valence-corrected chi connectivity index (χ1v) is 6.77. The highest BCUT2D eigenvalue weighted by molar-refractivity contribution is 6.37. The van der Waals surface area contributed by atoms with E-state index in [4.69, 9.17) is 13.6 Å². The quantitative estimate of drug-likeness (QED) is 0.415. The number of fused-ring (bicyclic) bond motifs is 1. The molecule has 0 saturated carbocycles. The van der Waals surface area contributed by atoms with Crippen molar-refractivity contribution in [3.05, 3.63) is 29.3 Å². The van der Waals surface area contributed by atoms with Crippen molar-refractivity contribution in [3.8, 4) is 0 Å². The van der Waals surface area contributed by atoms with Crippen molar-refractivity contribution in [2.24, 2.45) is 0 Å². The summed E-state index contributed by atoms with van der Waals surface area (Å²) in [7, 11) is 6.06. The van der Waals surface area contributed by atoms with Crippen LogP contribution in [-0.2, 0) is 9.59 Å². The summed E-state index contributed by atoms with van der Waals surface area (Å²) in [6.07, 6.45) is 0.406. The van der Waals surface area contributed by atoms with Gasteiger partial charge in [0, 0.05) is 12.1 Å². The molecule has 0 aromatic heterocycles. The van der Waals surface area contributed by atoms with Gasteiger partial charge in [0.1, 0.15) is 7.85 Å². The molecule has 2 aliphatic rings. The minimum absolute atomic E-state index is 0.00987. The smallest absolute Gasteiger partial charge is 0.263 e. The summed E-state index contributed by atoms with van der Waals surface area (Å²) < 4.78 is 0. The summed E-state index contributed by atoms with van der Waals surface area (Å²) in [6.45, 7) is 0. The Labute approximate surface area is 127 Å². The first-order chi connectivity index (χ1) is 10.4. The van der Waals surface area contributed by atoms with Crippen molar-refractivity contribution < 1.29 is 19.2 Å². The number of nitrogens with two attached hydrogens (primary N) is 1. The van der Waals surface area contributed by atoms with Crippen molar-refractivity contribution in [1.82, 2.24) is 10.2 Å². The maximum atomic E-state index is 12.6. The molecule has 0 aliphatic carbocycles. The maximum absolute atomic E-state index is 12.6. The number of nitrogens with zero attached hydrogens (tertiary/aromatic N) is 1. The lowest BCUT2D eigenvalue weighted by atomic mass is 9.72. The number of nitrogens with one attached hydrogen (secondary N) is 1. The average molecular weight is 297 g/mol. The van der Waals surface area contributed by atoms with Crippen molar-refractivity contribution in [2.75, 3.05) is 5.73 Å². The van der Waals surface area contributed by atoms with E-state index in [0.717, 1.165) is 0 Å². The highest BCUT2D eigenvalue weighted by Crippen LogP contribution is 2.34. The molecule has 0 unspecified atom stereocenters. The lowest BCUT2D eigenvalue weighted by Crippen LogP contribution is -2.61. The molecule has 0 bridgehead atoms. The lowest BCUT2D eigenvalue weighted by molar-refractivity contribution is -0.132. The van der Waals surface area contributed by atoms with Crippen molar-refractivity contribution >= 4 is 37.2 Å². The Balaban J connectivity index is 2.08. The first-order valence-electron chi connectivity index (χ1n) is 6.77. The van der Waals surface area contributed by atoms with Crippen LogP contribution >= 0.6 is 0 Å². The monoisotopic (exact) mass is 297 g/mol. The van der Waals surface area contributed by atoms with Crippen molar-refractivity contribution in [1.29, 1.82) is 0 Å². The van der Waals surface area contributed by atoms with Gasteiger partial charge in [0.2, 0.25) is 11.8 Å². The number of carbonyl (C=O) groups excluding carboxylic acids is 4. The largest absolute Gasteiger partial charge is 0.398 e. The molecule has 22 heavy (non-hydrogen) atoms. The van der Waals surface area contributed by atoms with Gasteiger partial charge in [-0.2, -0.15) is 0 Å². The van der Waals surface area contributed by atoms with Crippen LogP contribution in [0.25, 0.3) is 0 Å². The Hall–Kier alpha value is -2.64. The van der Waals surface area contributed by atoms with Gasteiger partial charge < -0.3 is 5.73 Å². The third-order valence-electron chi connectivity index (χ3n) is 3.95. The molecule has 1 atom stereocenters. The van der Waals surface area contributed by atoms with E-state index < -0.39 is 29.1 Å². The summed E-state index contributed by atoms with van der Waals surface area (Å²) in [4.78, 5) is 49.4. The number of carbonyl (C=O) groups is 4. The van der Waals surface area contributed by atoms with E-state index in [1.165, 1.54) is 12.1 Å². The van der Waals surface area contributed by atoms with Gasteiger partial charge in [0.25, 0.3) is 11.8 Å². The van der Waals surface area contributed by atoms with E-state index in [0.29, 0.717) is 4.90 Å². The SMILES string of the molecule is [B][C@]1(N2C(=O)c3cccc(N)c3C2=O)CCCC(=O)NC1=O. The lowest BCUT2D eigenvalue weighted by Gasteiger charge is -2.35. The van der Waals surface area contributed by atoms with Gasteiger partial charge in [0.05, 0.1) is 16.6 Å². The van der Waals surface area contributed by atoms with Gasteiger partial charge in [-0.05, 0) is 25.0 Å². The fourth-order valence-electron chi connectivity index (χ4n) is 2.82. The molecule has 1 aromatic carbocycles. The second-order valence-electron chi connectivity index (χ2n) is 5.37. The molecule has 3 N–H and O–H groups in total. The summed E-state index contributed by atoms with van der Waals surface area (Å²) in [5, 5.41) is 2.11. The van der Waals surface area contributed by atoms with Gasteiger partial charge in [-0.25, -0.2) is 0 Å². The molecule has 1 fully saturated rings. The number of hydrogen-bond acceptors (Lipinski definition) is 5. The molecule has 2 heterocycles. The van der Waals surface area contributed by atoms with Gasteiger partial charge in [-0.3, -0.25) is 29.4 Å². The number of hydrogen-bond donors (Lipinski definition) is 2.